The van der Waals surface area contributed by atoms with E-state index < -0.39 is 0 Å². The quantitative estimate of drug-likeness (QED) is 0.0365. The topological polar surface area (TPSA) is 340 Å². The van der Waals surface area contributed by atoms with E-state index in [2.05, 4.69) is 63.2 Å². The summed E-state index contributed by atoms with van der Waals surface area (Å²) in [5, 5.41) is 102. The minimum atomic E-state index is -0.338. The van der Waals surface area contributed by atoms with Crippen LogP contribution in [0.4, 0.5) is 0 Å². The Hall–Kier alpha value is -0.840. The molecular weight excluding hydrogens is 907 g/mol. The van der Waals surface area contributed by atoms with Gasteiger partial charge in [0.2, 0.25) is 0 Å². The maximum atomic E-state index is 8.81. The molecule has 0 radical (unpaired) electrons. The van der Waals surface area contributed by atoms with Crippen molar-refractivity contribution < 1.29 is 61.3 Å². The van der Waals surface area contributed by atoms with Crippen LogP contribution in [0.3, 0.4) is 0 Å². The van der Waals surface area contributed by atoms with Gasteiger partial charge in [-0.15, -0.1) is 0 Å². The molecule has 21 heteroatoms. The van der Waals surface area contributed by atoms with E-state index in [1.54, 1.807) is 6.92 Å². The van der Waals surface area contributed by atoms with Crippen molar-refractivity contribution in [2.45, 2.75) is 133 Å². The van der Waals surface area contributed by atoms with Crippen LogP contribution in [-0.4, -0.2) is 306 Å². The van der Waals surface area contributed by atoms with Crippen molar-refractivity contribution in [1.29, 1.82) is 0 Å². The van der Waals surface area contributed by atoms with Crippen LogP contribution in [0.2, 0.25) is 0 Å². The first kappa shape index (κ1) is 88.8. The lowest BCUT2D eigenvalue weighted by Crippen LogP contribution is -2.38. The Balaban J connectivity index is -0.0000000862. The number of rotatable bonds is 31. The maximum absolute atomic E-state index is 8.81. The Labute approximate surface area is 430 Å². The predicted octanol–water partition coefficient (Wildman–Crippen LogP) is -1.77. The zero-order chi connectivity index (χ0) is 56.7. The zero-order valence-corrected chi connectivity index (χ0v) is 48.0. The van der Waals surface area contributed by atoms with Crippen LogP contribution in [-0.2, 0) is 0 Å². The minimum Gasteiger partial charge on any atom is -0.395 e. The lowest BCUT2D eigenvalue weighted by molar-refractivity contribution is 0.133. The summed E-state index contributed by atoms with van der Waals surface area (Å²) >= 11 is 0. The second-order valence-electron chi connectivity index (χ2n) is 17.1. The molecule has 0 saturated heterocycles. The predicted molar refractivity (Wildman–Crippen MR) is 294 cm³/mol. The van der Waals surface area contributed by atoms with Crippen molar-refractivity contribution in [3.05, 3.63) is 0 Å². The van der Waals surface area contributed by atoms with Crippen LogP contribution in [0.1, 0.15) is 102 Å². The molecule has 70 heavy (non-hydrogen) atoms. The Bertz CT molecular complexity index is 806. The highest BCUT2D eigenvalue weighted by molar-refractivity contribution is 4.66. The SMILES string of the molecule is CC(C)C(O)CN.CC(C)N(CCO)C(C)C.CC(O)CN.CCC(O)CN.CCCCN(CCO)CCO.CCN(CC)CCO.CCN(CCO)CCO.CN(C)CCO.CN(CCO)CCO. The third-order valence-corrected chi connectivity index (χ3v) is 9.54. The summed E-state index contributed by atoms with van der Waals surface area (Å²) in [4.78, 5) is 12.3. The van der Waals surface area contributed by atoms with Gasteiger partial charge in [-0.25, -0.2) is 0 Å². The van der Waals surface area contributed by atoms with Crippen molar-refractivity contribution in [3.63, 3.8) is 0 Å². The van der Waals surface area contributed by atoms with Gasteiger partial charge in [0.15, 0.2) is 0 Å². The highest BCUT2D eigenvalue weighted by Gasteiger charge is 2.11. The summed E-state index contributed by atoms with van der Waals surface area (Å²) in [7, 11) is 5.71. The van der Waals surface area contributed by atoms with E-state index in [9.17, 15) is 0 Å². The van der Waals surface area contributed by atoms with Crippen molar-refractivity contribution in [1.82, 2.24) is 29.4 Å². The van der Waals surface area contributed by atoms with Crippen molar-refractivity contribution >= 4 is 0 Å². The second-order valence-corrected chi connectivity index (χ2v) is 17.1. The van der Waals surface area contributed by atoms with Gasteiger partial charge in [-0.05, 0) is 101 Å². The molecule has 0 bridgehead atoms. The van der Waals surface area contributed by atoms with Crippen LogP contribution >= 0.6 is 0 Å². The average molecular weight is 1030 g/mol. The van der Waals surface area contributed by atoms with E-state index in [-0.39, 0.29) is 77.8 Å². The van der Waals surface area contributed by atoms with Crippen molar-refractivity contribution in [2.75, 3.05) is 185 Å². The molecule has 0 fully saturated rings. The number of likely N-dealkylation sites (N-methyl/N-ethyl adjacent to an activating group) is 4. The van der Waals surface area contributed by atoms with Gasteiger partial charge in [0.1, 0.15) is 0 Å². The molecule has 0 aliphatic heterocycles. The second kappa shape index (κ2) is 77.1. The molecule has 18 N–H and O–H groups in total. The number of unbranched alkanes of at least 4 members (excludes halogenated alkanes) is 1. The smallest absolute Gasteiger partial charge is 0.0685 e. The molecule has 438 valence electrons. The fourth-order valence-corrected chi connectivity index (χ4v) is 4.71. The Kier molecular flexibility index (Phi) is 97.7. The number of hydrogen-bond donors (Lipinski definition) is 15. The summed E-state index contributed by atoms with van der Waals surface area (Å²) in [5.74, 6) is 0.296. The highest BCUT2D eigenvalue weighted by Crippen LogP contribution is 2.03. The molecule has 21 nitrogen and oxygen atoms in total. The van der Waals surface area contributed by atoms with Gasteiger partial charge < -0.3 is 93.2 Å². The van der Waals surface area contributed by atoms with E-state index in [4.69, 9.17) is 78.5 Å². The monoisotopic (exact) mass is 1030 g/mol. The number of nitrogens with zero attached hydrogens (tertiary/aromatic N) is 6. The first-order valence-corrected chi connectivity index (χ1v) is 25.9. The van der Waals surface area contributed by atoms with Crippen LogP contribution in [0.15, 0.2) is 0 Å². The lowest BCUT2D eigenvalue weighted by atomic mass is 10.1. The fourth-order valence-electron chi connectivity index (χ4n) is 4.71. The van der Waals surface area contributed by atoms with Crippen LogP contribution < -0.4 is 17.2 Å². The van der Waals surface area contributed by atoms with Gasteiger partial charge in [0.05, 0.1) is 77.8 Å². The standard InChI is InChI=1S/C8H19NO2.C8H19NO.C6H15NO2.C6H15NO.C5H13NO2.C5H13NO.2C4H11NO.C3H9NO/c1-2-3-4-9(5-7-10)6-8-11;1-7(2)9(5-6-10)8(3)4;1-2-7(3-5-8)4-6-9;1-3-7(4-2)5-6-8;1-6(2-4-7)3-5-8;1-4(2)5(7)3-6;1-5(2)3-4-6;1-2-4(6)3-5;1-3(5)2-4/h10-11H,2-8H2,1H3;7-8,10H,5-6H2,1-4H3;8-9H,2-6H2,1H3;8H,3-6H2,1-2H3;7-8H,2-5H2,1H3;4-5,7H,3,6H2,1-2H3;6H,3-4H2,1-2H3;4,6H,2-3,5H2,1H3;3,5H,2,4H2,1H3. The molecule has 0 spiro atoms. The number of aliphatic hydroxyl groups excluding tert-OH is 12. The van der Waals surface area contributed by atoms with Crippen LogP contribution in [0.25, 0.3) is 0 Å². The molecule has 0 aromatic heterocycles. The first-order chi connectivity index (χ1) is 33.0. The minimum absolute atomic E-state index is 0.163. The highest BCUT2D eigenvalue weighted by atomic mass is 16.3. The van der Waals surface area contributed by atoms with Gasteiger partial charge in [-0.1, -0.05) is 54.9 Å². The molecule has 0 heterocycles. The van der Waals surface area contributed by atoms with Crippen molar-refractivity contribution in [3.8, 4) is 0 Å². The van der Waals surface area contributed by atoms with E-state index in [0.29, 0.717) is 76.9 Å². The molecule has 0 aromatic rings. The summed E-state index contributed by atoms with van der Waals surface area (Å²) in [5.41, 5.74) is 15.1. The summed E-state index contributed by atoms with van der Waals surface area (Å²) in [6, 6.07) is 1.07. The summed E-state index contributed by atoms with van der Waals surface area (Å²) in [6.45, 7) is 37.6. The number of nitrogens with two attached hydrogens (primary N) is 3. The summed E-state index contributed by atoms with van der Waals surface area (Å²) < 4.78 is 0. The van der Waals surface area contributed by atoms with E-state index >= 15 is 0 Å². The van der Waals surface area contributed by atoms with E-state index in [0.717, 1.165) is 65.1 Å². The number of hydrogen-bond acceptors (Lipinski definition) is 21. The first-order valence-electron chi connectivity index (χ1n) is 25.9. The Morgan fingerprint density at radius 2 is 0.729 bits per heavy atom. The maximum Gasteiger partial charge on any atom is 0.0685 e. The molecule has 0 amide bonds. The summed E-state index contributed by atoms with van der Waals surface area (Å²) in [6.07, 6.45) is 2.11. The third-order valence-electron chi connectivity index (χ3n) is 9.54. The van der Waals surface area contributed by atoms with Gasteiger partial charge in [0.25, 0.3) is 0 Å². The normalized spacial score (nSPS) is 11.9. The van der Waals surface area contributed by atoms with Gasteiger partial charge in [-0.2, -0.15) is 0 Å². The van der Waals surface area contributed by atoms with Crippen LogP contribution in [0, 0.1) is 5.92 Å². The molecule has 3 unspecified atom stereocenters. The average Bonchev–Trinajstić information content (AvgIpc) is 3.32. The van der Waals surface area contributed by atoms with E-state index in [1.807, 2.05) is 63.5 Å². The van der Waals surface area contributed by atoms with Crippen LogP contribution in [0.5, 0.6) is 0 Å². The molecule has 0 aliphatic rings. The lowest BCUT2D eigenvalue weighted by Gasteiger charge is -2.29. The van der Waals surface area contributed by atoms with E-state index in [1.165, 1.54) is 0 Å². The molecule has 0 aliphatic carbocycles. The fraction of sp³-hybridized carbons (Fsp3) is 1.00. The van der Waals surface area contributed by atoms with Gasteiger partial charge >= 0.3 is 0 Å². The van der Waals surface area contributed by atoms with Gasteiger partial charge in [-0.3, -0.25) is 14.7 Å². The third kappa shape index (κ3) is 93.2. The zero-order valence-electron chi connectivity index (χ0n) is 48.0. The van der Waals surface area contributed by atoms with Crippen molar-refractivity contribution in [2.24, 2.45) is 23.1 Å². The van der Waals surface area contributed by atoms with Gasteiger partial charge in [0, 0.05) is 90.6 Å². The molecule has 0 aromatic carbocycles. The Morgan fingerprint density at radius 1 is 0.400 bits per heavy atom. The molecule has 0 rings (SSSR count). The Morgan fingerprint density at radius 3 is 0.871 bits per heavy atom. The largest absolute Gasteiger partial charge is 0.395 e. The molecular formula is C49H125N9O12. The molecule has 3 atom stereocenters. The molecule has 0 saturated carbocycles. The number of aliphatic hydroxyl groups is 12.